The number of quaternary nitrogens is 1. The van der Waals surface area contributed by atoms with Crippen molar-refractivity contribution in [3.05, 3.63) is 54.1 Å². The van der Waals surface area contributed by atoms with Gasteiger partial charge in [-0.1, -0.05) is 12.1 Å². The maximum Gasteiger partial charge on any atom is 0.282 e. The lowest BCUT2D eigenvalue weighted by atomic mass is 10.1. The number of fused-ring (bicyclic) bond motifs is 1. The molecule has 142 valence electrons. The lowest BCUT2D eigenvalue weighted by molar-refractivity contribution is -0.885. The number of para-hydroxylation sites is 2. The van der Waals surface area contributed by atoms with E-state index in [1.807, 2.05) is 62.5 Å². The Morgan fingerprint density at radius 3 is 2.63 bits per heavy atom. The Morgan fingerprint density at radius 1 is 1.22 bits per heavy atom. The van der Waals surface area contributed by atoms with Crippen molar-refractivity contribution in [3.63, 3.8) is 0 Å². The summed E-state index contributed by atoms with van der Waals surface area (Å²) in [5.74, 6) is 0.765. The predicted octanol–water partition coefficient (Wildman–Crippen LogP) is 1.47. The largest absolute Gasteiger partial charge is 0.497 e. The van der Waals surface area contributed by atoms with Gasteiger partial charge in [-0.05, 0) is 43.3 Å². The summed E-state index contributed by atoms with van der Waals surface area (Å²) in [7, 11) is 3.64. The second-order valence-corrected chi connectivity index (χ2v) is 7.04. The molecule has 2 aromatic rings. The maximum atomic E-state index is 13.1. The van der Waals surface area contributed by atoms with Crippen molar-refractivity contribution in [3.8, 4) is 5.75 Å². The van der Waals surface area contributed by atoms with Gasteiger partial charge in [0.15, 0.2) is 6.54 Å². The zero-order valence-electron chi connectivity index (χ0n) is 16.0. The number of rotatable bonds is 5. The summed E-state index contributed by atoms with van der Waals surface area (Å²) in [4.78, 5) is 28.0. The number of likely N-dealkylation sites (N-methyl/N-ethyl adjacent to an activating group) is 1. The van der Waals surface area contributed by atoms with Gasteiger partial charge in [-0.15, -0.1) is 0 Å². The molecule has 2 amide bonds. The topological polar surface area (TPSA) is 63.1 Å². The molecular weight excluding hydrogens is 342 g/mol. The Morgan fingerprint density at radius 2 is 1.93 bits per heavy atom. The Hall–Kier alpha value is -2.86. The molecule has 0 radical (unpaired) electrons. The number of amides is 2. The normalized spacial score (nSPS) is 17.5. The molecule has 2 aromatic carbocycles. The number of anilines is 2. The number of benzene rings is 2. The zero-order chi connectivity index (χ0) is 19.4. The van der Waals surface area contributed by atoms with Gasteiger partial charge in [-0.2, -0.15) is 0 Å². The van der Waals surface area contributed by atoms with Crippen LogP contribution in [0.3, 0.4) is 0 Å². The first kappa shape index (κ1) is 18.9. The number of hydrogen-bond donors (Lipinski definition) is 2. The maximum absolute atomic E-state index is 13.1. The van der Waals surface area contributed by atoms with Crippen LogP contribution in [0.25, 0.3) is 0 Å². The number of carbonyl (C=O) groups is 2. The summed E-state index contributed by atoms with van der Waals surface area (Å²) >= 11 is 0. The van der Waals surface area contributed by atoms with Gasteiger partial charge in [0.1, 0.15) is 12.3 Å². The number of ether oxygens (including phenoxy) is 1. The highest BCUT2D eigenvalue weighted by molar-refractivity contribution is 6.04. The molecule has 0 bridgehead atoms. The monoisotopic (exact) mass is 368 g/mol. The fourth-order valence-corrected chi connectivity index (χ4v) is 3.47. The average molecular weight is 368 g/mol. The molecular formula is C21H26N3O3+. The van der Waals surface area contributed by atoms with Crippen LogP contribution in [0.5, 0.6) is 5.75 Å². The fourth-order valence-electron chi connectivity index (χ4n) is 3.47. The Balaban J connectivity index is 1.73. The van der Waals surface area contributed by atoms with Gasteiger partial charge in [-0.3, -0.25) is 9.59 Å². The van der Waals surface area contributed by atoms with E-state index in [0.717, 1.165) is 28.4 Å². The standard InChI is InChI=1S/C21H25N3O3/c1-15-12-20(25)22-18-6-4-5-7-19(18)24(15)21(26)14-23(2)13-16-8-10-17(27-3)11-9-16/h4-11,15H,12-14H2,1-3H3,(H,22,25)/p+1/t15-/m0/s1. The first-order valence-corrected chi connectivity index (χ1v) is 9.13. The van der Waals surface area contributed by atoms with E-state index in [9.17, 15) is 9.59 Å². The molecule has 2 atom stereocenters. The van der Waals surface area contributed by atoms with Crippen molar-refractivity contribution in [1.29, 1.82) is 0 Å². The number of hydrogen-bond acceptors (Lipinski definition) is 3. The summed E-state index contributed by atoms with van der Waals surface area (Å²) < 4.78 is 5.18. The third-order valence-corrected chi connectivity index (χ3v) is 4.75. The van der Waals surface area contributed by atoms with E-state index in [1.54, 1.807) is 12.0 Å². The zero-order valence-corrected chi connectivity index (χ0v) is 16.0. The first-order valence-electron chi connectivity index (χ1n) is 9.13. The molecule has 0 aromatic heterocycles. The van der Waals surface area contributed by atoms with Crippen molar-refractivity contribution in [1.82, 2.24) is 0 Å². The van der Waals surface area contributed by atoms with Crippen LogP contribution >= 0.6 is 0 Å². The van der Waals surface area contributed by atoms with Gasteiger partial charge in [0.05, 0.1) is 25.5 Å². The first-order chi connectivity index (χ1) is 13.0. The van der Waals surface area contributed by atoms with Crippen molar-refractivity contribution in [2.45, 2.75) is 25.9 Å². The molecule has 0 saturated heterocycles. The van der Waals surface area contributed by atoms with Crippen LogP contribution in [-0.2, 0) is 16.1 Å². The van der Waals surface area contributed by atoms with Crippen molar-refractivity contribution < 1.29 is 19.2 Å². The van der Waals surface area contributed by atoms with Crippen LogP contribution in [0, 0.1) is 0 Å². The van der Waals surface area contributed by atoms with E-state index in [0.29, 0.717) is 12.2 Å². The molecule has 3 rings (SSSR count). The number of nitrogens with zero attached hydrogens (tertiary/aromatic N) is 1. The summed E-state index contributed by atoms with van der Waals surface area (Å²) in [5.41, 5.74) is 2.59. The number of methoxy groups -OCH3 is 1. The molecule has 0 saturated carbocycles. The minimum atomic E-state index is -0.185. The molecule has 6 nitrogen and oxygen atoms in total. The van der Waals surface area contributed by atoms with Gasteiger partial charge >= 0.3 is 0 Å². The average Bonchev–Trinajstić information content (AvgIpc) is 2.76. The molecule has 1 aliphatic rings. The molecule has 0 spiro atoms. The fraction of sp³-hybridized carbons (Fsp3) is 0.333. The molecule has 27 heavy (non-hydrogen) atoms. The summed E-state index contributed by atoms with van der Waals surface area (Å²) in [6, 6.07) is 15.2. The van der Waals surface area contributed by atoms with Crippen LogP contribution in [0.2, 0.25) is 0 Å². The molecule has 0 fully saturated rings. The SMILES string of the molecule is COc1ccc(C[NH+](C)CC(=O)N2c3ccccc3NC(=O)C[C@@H]2C)cc1. The highest BCUT2D eigenvalue weighted by Crippen LogP contribution is 2.31. The van der Waals surface area contributed by atoms with Gasteiger partial charge in [-0.25, -0.2) is 0 Å². The molecule has 1 aliphatic heterocycles. The lowest BCUT2D eigenvalue weighted by Crippen LogP contribution is -3.09. The quantitative estimate of drug-likeness (QED) is 0.840. The van der Waals surface area contributed by atoms with Gasteiger partial charge in [0.2, 0.25) is 5.91 Å². The molecule has 2 N–H and O–H groups in total. The smallest absolute Gasteiger partial charge is 0.282 e. The van der Waals surface area contributed by atoms with E-state index in [4.69, 9.17) is 4.74 Å². The van der Waals surface area contributed by atoms with Gasteiger partial charge < -0.3 is 19.9 Å². The predicted molar refractivity (Wildman–Crippen MR) is 105 cm³/mol. The highest BCUT2D eigenvalue weighted by atomic mass is 16.5. The Labute approximate surface area is 159 Å². The van der Waals surface area contributed by atoms with Crippen LogP contribution in [0.4, 0.5) is 11.4 Å². The minimum Gasteiger partial charge on any atom is -0.497 e. The van der Waals surface area contributed by atoms with Crippen molar-refractivity contribution in [2.75, 3.05) is 30.9 Å². The third kappa shape index (κ3) is 4.46. The van der Waals surface area contributed by atoms with E-state index in [-0.39, 0.29) is 24.3 Å². The summed E-state index contributed by atoms with van der Waals surface area (Å²) in [6.07, 6.45) is 0.290. The lowest BCUT2D eigenvalue weighted by Gasteiger charge is -2.28. The van der Waals surface area contributed by atoms with Crippen LogP contribution < -0.4 is 19.9 Å². The van der Waals surface area contributed by atoms with Crippen LogP contribution in [0.15, 0.2) is 48.5 Å². The van der Waals surface area contributed by atoms with E-state index >= 15 is 0 Å². The van der Waals surface area contributed by atoms with Crippen molar-refractivity contribution in [2.24, 2.45) is 0 Å². The van der Waals surface area contributed by atoms with E-state index in [1.165, 1.54) is 0 Å². The highest BCUT2D eigenvalue weighted by Gasteiger charge is 2.30. The van der Waals surface area contributed by atoms with Gasteiger partial charge in [0.25, 0.3) is 5.91 Å². The molecule has 1 unspecified atom stereocenters. The van der Waals surface area contributed by atoms with E-state index < -0.39 is 0 Å². The van der Waals surface area contributed by atoms with Crippen LogP contribution in [0.1, 0.15) is 18.9 Å². The summed E-state index contributed by atoms with van der Waals surface area (Å²) in [6.45, 7) is 2.99. The second kappa shape index (κ2) is 8.22. The Bertz CT molecular complexity index is 820. The minimum absolute atomic E-state index is 0.0115. The Kier molecular flexibility index (Phi) is 5.76. The van der Waals surface area contributed by atoms with Crippen LogP contribution in [-0.4, -0.2) is 38.6 Å². The molecule has 1 heterocycles. The molecule has 6 heteroatoms. The number of nitrogens with one attached hydrogen (secondary N) is 2. The summed E-state index contributed by atoms with van der Waals surface area (Å²) in [5, 5.41) is 2.89. The second-order valence-electron chi connectivity index (χ2n) is 7.04. The number of carbonyl (C=O) groups excluding carboxylic acids is 2. The third-order valence-electron chi connectivity index (χ3n) is 4.75. The van der Waals surface area contributed by atoms with Crippen molar-refractivity contribution >= 4 is 23.2 Å². The van der Waals surface area contributed by atoms with E-state index in [2.05, 4.69) is 5.32 Å². The van der Waals surface area contributed by atoms with Gasteiger partial charge in [0, 0.05) is 18.0 Å². The molecule has 0 aliphatic carbocycles.